The quantitative estimate of drug-likeness (QED) is 0.304. The van der Waals surface area contributed by atoms with Gasteiger partial charge in [0.2, 0.25) is 5.91 Å². The highest BCUT2D eigenvalue weighted by Crippen LogP contribution is 2.34. The van der Waals surface area contributed by atoms with Gasteiger partial charge in [0, 0.05) is 6.42 Å². The number of carbonyl (C=O) groups is 2. The van der Waals surface area contributed by atoms with Gasteiger partial charge in [-0.2, -0.15) is 0 Å². The van der Waals surface area contributed by atoms with Crippen LogP contribution in [0.15, 0.2) is 0 Å². The van der Waals surface area contributed by atoms with E-state index in [2.05, 4.69) is 11.2 Å². The number of terminal acetylenes is 1. The molecule has 0 aliphatic rings. The predicted octanol–water partition coefficient (Wildman–Crippen LogP) is -0.0336. The molecular weight excluding hydrogens is 243 g/mol. The Balaban J connectivity index is 3.96. The van der Waals surface area contributed by atoms with Gasteiger partial charge in [0.25, 0.3) is 5.91 Å². The zero-order valence-corrected chi connectivity index (χ0v) is 10.9. The summed E-state index contributed by atoms with van der Waals surface area (Å²) in [5.41, 5.74) is 0. The molecule has 7 heteroatoms. The minimum atomic E-state index is -2.45. The Labute approximate surface area is 101 Å². The van der Waals surface area contributed by atoms with Crippen LogP contribution in [0.2, 0.25) is 0 Å². The van der Waals surface area contributed by atoms with Crippen molar-refractivity contribution in [2.24, 2.45) is 0 Å². The molecule has 2 N–H and O–H groups in total. The molecule has 96 valence electrons. The van der Waals surface area contributed by atoms with Crippen LogP contribution in [-0.4, -0.2) is 54.7 Å². The maximum absolute atomic E-state index is 11.3. The zero-order valence-electron chi connectivity index (χ0n) is 9.97. The molecule has 0 aliphatic carbocycles. The van der Waals surface area contributed by atoms with Crippen LogP contribution in [0.4, 0.5) is 0 Å². The fourth-order valence-electron chi connectivity index (χ4n) is 0.962. The lowest BCUT2D eigenvalue weighted by molar-refractivity contribution is -0.164. The number of rotatable bonds is 6. The van der Waals surface area contributed by atoms with E-state index in [9.17, 15) is 19.4 Å². The second kappa shape index (κ2) is 7.10. The summed E-state index contributed by atoms with van der Waals surface area (Å²) < 4.78 is 11.3. The van der Waals surface area contributed by atoms with E-state index in [4.69, 9.17) is 6.42 Å². The number of carbonyl (C=O) groups excluding carboxylic acids is 2. The van der Waals surface area contributed by atoms with Crippen LogP contribution in [0.5, 0.6) is 0 Å². The van der Waals surface area contributed by atoms with Crippen LogP contribution in [0.3, 0.4) is 0 Å². The van der Waals surface area contributed by atoms with Gasteiger partial charge in [0.15, 0.2) is 0 Å². The second-order valence-electron chi connectivity index (χ2n) is 3.98. The van der Waals surface area contributed by atoms with Gasteiger partial charge in [-0.1, -0.05) is 0 Å². The smallest absolute Gasteiger partial charge is 0.265 e. The summed E-state index contributed by atoms with van der Waals surface area (Å²) in [5, 5.41) is 11.9. The first-order valence-electron chi connectivity index (χ1n) is 4.99. The van der Waals surface area contributed by atoms with E-state index in [1.54, 1.807) is 0 Å². The minimum Gasteiger partial charge on any atom is -0.347 e. The summed E-state index contributed by atoms with van der Waals surface area (Å²) in [7, 11) is -2.45. The van der Waals surface area contributed by atoms with Gasteiger partial charge < -0.3 is 9.88 Å². The average Bonchev–Trinajstić information content (AvgIpc) is 2.20. The molecule has 0 aliphatic heterocycles. The molecule has 0 heterocycles. The molecule has 0 rings (SSSR count). The normalized spacial score (nSPS) is 10.5. The molecule has 2 amide bonds. The van der Waals surface area contributed by atoms with Gasteiger partial charge in [-0.05, 0) is 13.3 Å². The molecule has 0 saturated carbocycles. The third-order valence-corrected chi connectivity index (χ3v) is 2.77. The molecule has 6 nitrogen and oxygen atoms in total. The topological polar surface area (TPSA) is 86.7 Å². The van der Waals surface area contributed by atoms with Crippen molar-refractivity contribution in [3.8, 4) is 12.3 Å². The molecule has 17 heavy (non-hydrogen) atoms. The van der Waals surface area contributed by atoms with E-state index < -0.39 is 19.0 Å². The summed E-state index contributed by atoms with van der Waals surface area (Å²) in [4.78, 5) is 22.5. The van der Waals surface area contributed by atoms with Gasteiger partial charge >= 0.3 is 0 Å². The van der Waals surface area contributed by atoms with Crippen molar-refractivity contribution in [3.63, 3.8) is 0 Å². The average molecular weight is 260 g/mol. The summed E-state index contributed by atoms with van der Waals surface area (Å²) in [5.74, 6) is 1.14. The van der Waals surface area contributed by atoms with E-state index in [-0.39, 0.29) is 25.7 Å². The van der Waals surface area contributed by atoms with Gasteiger partial charge in [-0.25, -0.2) is 5.06 Å². The van der Waals surface area contributed by atoms with Crippen molar-refractivity contribution in [2.75, 3.05) is 32.6 Å². The van der Waals surface area contributed by atoms with Gasteiger partial charge in [-0.15, -0.1) is 12.3 Å². The number of hydrogen-bond acceptors (Lipinski definition) is 4. The maximum Gasteiger partial charge on any atom is 0.265 e. The SMILES string of the molecule is C#CCCN(O)C(=O)CNC(=O)CP(C)(C)=O. The van der Waals surface area contributed by atoms with E-state index in [1.165, 1.54) is 13.3 Å². The summed E-state index contributed by atoms with van der Waals surface area (Å²) in [6.07, 6.45) is 5.09. The van der Waals surface area contributed by atoms with Crippen LogP contribution in [0.25, 0.3) is 0 Å². The van der Waals surface area contributed by atoms with E-state index >= 15 is 0 Å². The van der Waals surface area contributed by atoms with Gasteiger partial charge in [0.1, 0.15) is 0 Å². The number of amides is 2. The molecule has 0 saturated heterocycles. The molecule has 0 aromatic rings. The largest absolute Gasteiger partial charge is 0.347 e. The summed E-state index contributed by atoms with van der Waals surface area (Å²) >= 11 is 0. The Bertz CT molecular complexity index is 369. The Morgan fingerprint density at radius 1 is 1.47 bits per heavy atom. The number of nitrogens with zero attached hydrogens (tertiary/aromatic N) is 1. The Kier molecular flexibility index (Phi) is 6.55. The lowest BCUT2D eigenvalue weighted by atomic mass is 10.4. The highest BCUT2D eigenvalue weighted by atomic mass is 31.2. The predicted molar refractivity (Wildman–Crippen MR) is 64.3 cm³/mol. The third-order valence-electron chi connectivity index (χ3n) is 1.72. The van der Waals surface area contributed by atoms with Gasteiger partial charge in [-0.3, -0.25) is 14.8 Å². The minimum absolute atomic E-state index is 0.0191. The van der Waals surface area contributed by atoms with Crippen LogP contribution < -0.4 is 5.32 Å². The number of hydroxylamine groups is 2. The maximum atomic E-state index is 11.3. The lowest BCUT2D eigenvalue weighted by Gasteiger charge is -2.14. The van der Waals surface area contributed by atoms with Crippen molar-refractivity contribution in [2.45, 2.75) is 6.42 Å². The van der Waals surface area contributed by atoms with E-state index in [0.717, 1.165) is 0 Å². The zero-order chi connectivity index (χ0) is 13.5. The molecule has 0 bridgehead atoms. The first-order valence-corrected chi connectivity index (χ1v) is 7.78. The second-order valence-corrected chi connectivity index (χ2v) is 7.44. The molecular formula is C10H17N2O4P. The Morgan fingerprint density at radius 3 is 2.53 bits per heavy atom. The highest BCUT2D eigenvalue weighted by Gasteiger charge is 2.16. The van der Waals surface area contributed by atoms with Crippen molar-refractivity contribution < 1.29 is 19.4 Å². The highest BCUT2D eigenvalue weighted by molar-refractivity contribution is 7.63. The Hall–Kier alpha value is -1.31. The lowest BCUT2D eigenvalue weighted by Crippen LogP contribution is -2.39. The molecule has 0 fully saturated rings. The molecule has 0 radical (unpaired) electrons. The van der Waals surface area contributed by atoms with Crippen molar-refractivity contribution in [3.05, 3.63) is 0 Å². The summed E-state index contributed by atoms with van der Waals surface area (Å²) in [6.45, 7) is 2.66. The monoisotopic (exact) mass is 260 g/mol. The van der Waals surface area contributed by atoms with E-state index in [0.29, 0.717) is 5.06 Å². The number of nitrogens with one attached hydrogen (secondary N) is 1. The Morgan fingerprint density at radius 2 is 2.06 bits per heavy atom. The summed E-state index contributed by atoms with van der Waals surface area (Å²) in [6, 6.07) is 0. The van der Waals surface area contributed by atoms with Crippen LogP contribution >= 0.6 is 7.14 Å². The third kappa shape index (κ3) is 8.49. The standard InChI is InChI=1S/C10H17N2O4P/c1-4-5-6-12(15)10(14)7-11-9(13)8-17(2,3)16/h1,15H,5-8H2,2-3H3,(H,11,13). The van der Waals surface area contributed by atoms with Crippen LogP contribution in [0, 0.1) is 12.3 Å². The first-order chi connectivity index (χ1) is 7.76. The fourth-order valence-corrected chi connectivity index (χ4v) is 1.77. The van der Waals surface area contributed by atoms with Crippen LogP contribution in [-0.2, 0) is 14.2 Å². The van der Waals surface area contributed by atoms with Crippen molar-refractivity contribution >= 4 is 19.0 Å². The molecule has 0 atom stereocenters. The van der Waals surface area contributed by atoms with Gasteiger partial charge in [0.05, 0.1) is 26.4 Å². The fraction of sp³-hybridized carbons (Fsp3) is 0.600. The number of hydrogen-bond donors (Lipinski definition) is 2. The van der Waals surface area contributed by atoms with E-state index in [1.807, 2.05) is 0 Å². The molecule has 0 spiro atoms. The van der Waals surface area contributed by atoms with Crippen molar-refractivity contribution in [1.82, 2.24) is 10.4 Å². The molecule has 0 aromatic heterocycles. The first kappa shape index (κ1) is 15.7. The van der Waals surface area contributed by atoms with Crippen molar-refractivity contribution in [1.29, 1.82) is 0 Å². The van der Waals surface area contributed by atoms with Crippen LogP contribution in [0.1, 0.15) is 6.42 Å². The molecule has 0 aromatic carbocycles. The molecule has 0 unspecified atom stereocenters.